The van der Waals surface area contributed by atoms with E-state index in [1.807, 2.05) is 0 Å². The summed E-state index contributed by atoms with van der Waals surface area (Å²) in [5.41, 5.74) is 2.34. The van der Waals surface area contributed by atoms with E-state index in [9.17, 15) is 12.8 Å². The number of fused-ring (bicyclic) bond motifs is 1. The Kier molecular flexibility index (Phi) is 8.97. The van der Waals surface area contributed by atoms with Crippen molar-refractivity contribution in [3.05, 3.63) is 93.5 Å². The first-order valence-electron chi connectivity index (χ1n) is 12.7. The van der Waals surface area contributed by atoms with Gasteiger partial charge in [0.25, 0.3) is 0 Å². The number of hydrogen-bond acceptors (Lipinski definition) is 9. The third-order valence-electron chi connectivity index (χ3n) is 6.17. The van der Waals surface area contributed by atoms with Gasteiger partial charge in [-0.3, -0.25) is 0 Å². The first-order chi connectivity index (χ1) is 20.1. The number of anilines is 2. The maximum absolute atomic E-state index is 15.2. The predicted octanol–water partition coefficient (Wildman–Crippen LogP) is 7.13. The molecule has 2 heterocycles. The van der Waals surface area contributed by atoms with Crippen LogP contribution >= 0.6 is 22.9 Å². The van der Waals surface area contributed by atoms with Gasteiger partial charge < -0.3 is 14.8 Å². The molecule has 218 valence electrons. The Morgan fingerprint density at radius 3 is 2.69 bits per heavy atom. The summed E-state index contributed by atoms with van der Waals surface area (Å²) < 4.78 is 62.7. The third kappa shape index (κ3) is 7.37. The molecule has 5 aromatic rings. The summed E-state index contributed by atoms with van der Waals surface area (Å²) in [5.74, 6) is -0.0865. The molecule has 0 fully saturated rings. The topological polar surface area (TPSA) is 103 Å². The monoisotopic (exact) mass is 630 g/mol. The third-order valence-corrected chi connectivity index (χ3v) is 8.38. The largest absolute Gasteiger partial charge is 0.487 e. The van der Waals surface area contributed by atoms with Crippen molar-refractivity contribution in [2.45, 2.75) is 19.6 Å². The van der Waals surface area contributed by atoms with Crippen LogP contribution in [-0.4, -0.2) is 42.0 Å². The molecule has 1 unspecified atom stereocenters. The van der Waals surface area contributed by atoms with Crippen LogP contribution in [0.25, 0.3) is 22.2 Å². The Labute approximate surface area is 250 Å². The van der Waals surface area contributed by atoms with Crippen LogP contribution in [0.1, 0.15) is 23.6 Å². The maximum Gasteiger partial charge on any atom is 0.149 e. The maximum atomic E-state index is 15.2. The Hall–Kier alpha value is -3.71. The fourth-order valence-electron chi connectivity index (χ4n) is 4.04. The highest BCUT2D eigenvalue weighted by molar-refractivity contribution is 7.90. The molecule has 13 heteroatoms. The summed E-state index contributed by atoms with van der Waals surface area (Å²) in [6.45, 7) is 1.95. The number of rotatable bonds is 11. The highest BCUT2D eigenvalue weighted by Gasteiger charge is 2.18. The number of sulfone groups is 1. The molecule has 2 aromatic heterocycles. The van der Waals surface area contributed by atoms with Gasteiger partial charge in [-0.15, -0.1) is 11.3 Å². The minimum atomic E-state index is -3.15. The van der Waals surface area contributed by atoms with Gasteiger partial charge in [0.1, 0.15) is 57.1 Å². The molecule has 5 rings (SSSR count). The number of ether oxygens (including phenoxy) is 2. The summed E-state index contributed by atoms with van der Waals surface area (Å²) in [4.78, 5) is 13.1. The van der Waals surface area contributed by atoms with E-state index in [2.05, 4.69) is 20.3 Å². The van der Waals surface area contributed by atoms with Crippen LogP contribution in [0.2, 0.25) is 5.02 Å². The summed E-state index contributed by atoms with van der Waals surface area (Å²) >= 11 is 7.74. The second-order valence-electron chi connectivity index (χ2n) is 9.47. The SMILES string of the molecule is CC(OCCS(C)(=O)=O)c1nc(-c2cc3c(Nc4ccc(OCc5cccc(F)c5)c(Cl)c4)ncnc3cc2F)cs1. The fraction of sp³-hybridized carbons (Fsp3) is 0.207. The molecular weight excluding hydrogens is 606 g/mol. The minimum absolute atomic E-state index is 0.0374. The number of halogens is 3. The molecule has 0 bridgehead atoms. The van der Waals surface area contributed by atoms with Crippen LogP contribution in [0.15, 0.2) is 66.3 Å². The highest BCUT2D eigenvalue weighted by atomic mass is 35.5. The summed E-state index contributed by atoms with van der Waals surface area (Å²) in [5, 5.41) is 6.41. The number of hydrogen-bond donors (Lipinski definition) is 1. The van der Waals surface area contributed by atoms with E-state index in [-0.39, 0.29) is 30.3 Å². The van der Waals surface area contributed by atoms with E-state index in [0.29, 0.717) is 49.4 Å². The standard InChI is InChI=1S/C29H25ClF2N4O4S2/c1-17(39-8-9-42(2,37)38)29-36-26(15-41-29)21-12-22-25(13-24(21)32)33-16-34-28(22)35-20-6-7-27(23(30)11-20)40-14-18-4-3-5-19(31)10-18/h3-7,10-13,15-17H,8-9,14H2,1-2H3,(H,33,34,35). The van der Waals surface area contributed by atoms with Gasteiger partial charge in [0.2, 0.25) is 0 Å². The van der Waals surface area contributed by atoms with Crippen molar-refractivity contribution < 1.29 is 26.7 Å². The van der Waals surface area contributed by atoms with Gasteiger partial charge in [-0.25, -0.2) is 32.2 Å². The van der Waals surface area contributed by atoms with E-state index in [1.54, 1.807) is 48.7 Å². The molecule has 3 aromatic carbocycles. The average molecular weight is 631 g/mol. The lowest BCUT2D eigenvalue weighted by molar-refractivity contribution is 0.0776. The van der Waals surface area contributed by atoms with E-state index >= 15 is 4.39 Å². The molecule has 0 saturated carbocycles. The highest BCUT2D eigenvalue weighted by Crippen LogP contribution is 2.34. The molecule has 0 aliphatic rings. The molecule has 0 aliphatic carbocycles. The summed E-state index contributed by atoms with van der Waals surface area (Å²) in [7, 11) is -3.15. The molecule has 1 atom stereocenters. The molecule has 0 spiro atoms. The van der Waals surface area contributed by atoms with Gasteiger partial charge >= 0.3 is 0 Å². The number of thiazole rings is 1. The van der Waals surface area contributed by atoms with E-state index in [1.165, 1.54) is 35.9 Å². The Balaban J connectivity index is 1.34. The van der Waals surface area contributed by atoms with Crippen LogP contribution in [0.3, 0.4) is 0 Å². The Morgan fingerprint density at radius 2 is 1.93 bits per heavy atom. The lowest BCUT2D eigenvalue weighted by Gasteiger charge is -2.12. The number of nitrogens with one attached hydrogen (secondary N) is 1. The van der Waals surface area contributed by atoms with Crippen molar-refractivity contribution in [1.29, 1.82) is 0 Å². The molecule has 0 saturated heterocycles. The summed E-state index contributed by atoms with van der Waals surface area (Å²) in [6.07, 6.45) is 2.02. The lowest BCUT2D eigenvalue weighted by Crippen LogP contribution is -2.12. The van der Waals surface area contributed by atoms with Gasteiger partial charge in [0.05, 0.1) is 28.6 Å². The smallest absolute Gasteiger partial charge is 0.149 e. The first-order valence-corrected chi connectivity index (χ1v) is 16.0. The molecule has 0 radical (unpaired) electrons. The van der Waals surface area contributed by atoms with Crippen LogP contribution in [0, 0.1) is 11.6 Å². The van der Waals surface area contributed by atoms with Crippen molar-refractivity contribution in [1.82, 2.24) is 15.0 Å². The molecule has 42 heavy (non-hydrogen) atoms. The quantitative estimate of drug-likeness (QED) is 0.164. The molecular formula is C29H25ClF2N4O4S2. The van der Waals surface area contributed by atoms with Crippen molar-refractivity contribution in [3.63, 3.8) is 0 Å². The Morgan fingerprint density at radius 1 is 1.10 bits per heavy atom. The van der Waals surface area contributed by atoms with E-state index in [0.717, 1.165) is 6.26 Å². The van der Waals surface area contributed by atoms with E-state index < -0.39 is 21.8 Å². The normalized spacial score (nSPS) is 12.4. The number of aromatic nitrogens is 3. The first kappa shape index (κ1) is 29.8. The van der Waals surface area contributed by atoms with E-state index in [4.69, 9.17) is 21.1 Å². The van der Waals surface area contributed by atoms with Crippen molar-refractivity contribution in [2.24, 2.45) is 0 Å². The van der Waals surface area contributed by atoms with Crippen LogP contribution in [-0.2, 0) is 21.2 Å². The predicted molar refractivity (Wildman–Crippen MR) is 160 cm³/mol. The van der Waals surface area contributed by atoms with Crippen molar-refractivity contribution >= 4 is 55.2 Å². The van der Waals surface area contributed by atoms with Gasteiger partial charge in [-0.2, -0.15) is 0 Å². The van der Waals surface area contributed by atoms with Crippen molar-refractivity contribution in [3.8, 4) is 17.0 Å². The zero-order valence-corrected chi connectivity index (χ0v) is 24.9. The fourth-order valence-corrected chi connectivity index (χ4v) is 5.50. The molecule has 8 nitrogen and oxygen atoms in total. The zero-order valence-electron chi connectivity index (χ0n) is 22.5. The van der Waals surface area contributed by atoms with Gasteiger partial charge in [-0.05, 0) is 48.9 Å². The van der Waals surface area contributed by atoms with Crippen molar-refractivity contribution in [2.75, 3.05) is 23.9 Å². The molecule has 0 aliphatic heterocycles. The number of benzene rings is 3. The van der Waals surface area contributed by atoms with Crippen LogP contribution in [0.4, 0.5) is 20.3 Å². The number of nitrogens with zero attached hydrogens (tertiary/aromatic N) is 3. The zero-order chi connectivity index (χ0) is 29.9. The Bertz CT molecular complexity index is 1850. The van der Waals surface area contributed by atoms with Crippen LogP contribution < -0.4 is 10.1 Å². The molecule has 1 N–H and O–H groups in total. The second kappa shape index (κ2) is 12.7. The van der Waals surface area contributed by atoms with Gasteiger partial charge in [-0.1, -0.05) is 23.7 Å². The van der Waals surface area contributed by atoms with Crippen LogP contribution in [0.5, 0.6) is 5.75 Å². The van der Waals surface area contributed by atoms with Gasteiger partial charge in [0.15, 0.2) is 0 Å². The second-order valence-corrected chi connectivity index (χ2v) is 13.0. The lowest BCUT2D eigenvalue weighted by atomic mass is 10.1. The van der Waals surface area contributed by atoms with Gasteiger partial charge in [0, 0.05) is 34.3 Å². The minimum Gasteiger partial charge on any atom is -0.487 e. The average Bonchev–Trinajstić information content (AvgIpc) is 3.42. The molecule has 0 amide bonds. The summed E-state index contributed by atoms with van der Waals surface area (Å²) in [6, 6.07) is 14.2.